The minimum absolute atomic E-state index is 0.124. The van der Waals surface area contributed by atoms with E-state index in [4.69, 9.17) is 0 Å². The standard InChI is InChI=1S/C85H66N2/c1-83(2)73-33-21-20-32-65(73)66-43-38-62(52-78(66)83)87(59-28-14-9-15-29-59)61-40-45-68-72(51-61)80(56-35-42-70-77(49-56)85(5,6)75-47-37-54-23-17-19-31-64(54)82(70)75)67-44-39-60(86(57-24-10-7-11-25-57)58-26-12-8-13-27-58)50-71(67)79(68)55-34-41-69-76(48-55)84(3,4)74-46-36-53-22-16-18-30-63(53)81(69)74/h7-52,75,82H,1-6H3. The molecule has 87 heavy (non-hydrogen) atoms. The molecule has 0 spiro atoms. The van der Waals surface area contributed by atoms with Gasteiger partial charge in [-0.05, 0) is 212 Å². The third-order valence-electron chi connectivity index (χ3n) is 20.7. The van der Waals surface area contributed by atoms with E-state index in [-0.39, 0.29) is 22.2 Å². The largest absolute Gasteiger partial charge is 0.310 e. The van der Waals surface area contributed by atoms with Crippen molar-refractivity contribution in [3.63, 3.8) is 0 Å². The highest BCUT2D eigenvalue weighted by Gasteiger charge is 2.47. The van der Waals surface area contributed by atoms with Crippen molar-refractivity contribution in [3.8, 4) is 44.5 Å². The molecule has 0 aliphatic heterocycles. The number of rotatable bonds is 8. The van der Waals surface area contributed by atoms with Crippen molar-refractivity contribution in [2.45, 2.75) is 63.7 Å². The Bertz CT molecular complexity index is 4980. The lowest BCUT2D eigenvalue weighted by Gasteiger charge is -2.32. The lowest BCUT2D eigenvalue weighted by atomic mass is 9.71. The van der Waals surface area contributed by atoms with Gasteiger partial charge in [0.2, 0.25) is 0 Å². The van der Waals surface area contributed by atoms with Gasteiger partial charge in [-0.3, -0.25) is 0 Å². The number of para-hydroxylation sites is 3. The topological polar surface area (TPSA) is 6.48 Å². The van der Waals surface area contributed by atoms with Gasteiger partial charge in [0.15, 0.2) is 0 Å². The molecule has 2 unspecified atom stereocenters. The zero-order chi connectivity index (χ0) is 58.5. The predicted molar refractivity (Wildman–Crippen MR) is 368 cm³/mol. The molecule has 0 N–H and O–H groups in total. The molecule has 2 atom stereocenters. The maximum Gasteiger partial charge on any atom is 0.0468 e. The Labute approximate surface area is 511 Å². The summed E-state index contributed by atoms with van der Waals surface area (Å²) >= 11 is 0. The van der Waals surface area contributed by atoms with Crippen molar-refractivity contribution < 1.29 is 0 Å². The van der Waals surface area contributed by atoms with E-state index in [1.807, 2.05) is 0 Å². The molecule has 0 amide bonds. The molecule has 13 aromatic rings. The lowest BCUT2D eigenvalue weighted by molar-refractivity contribution is 0.391. The fourth-order valence-corrected chi connectivity index (χ4v) is 16.4. The second kappa shape index (κ2) is 19.0. The normalized spacial score (nSPS) is 16.6. The van der Waals surface area contributed by atoms with Crippen molar-refractivity contribution in [2.75, 3.05) is 9.80 Å². The van der Waals surface area contributed by atoms with E-state index in [1.165, 1.54) is 121 Å². The number of allylic oxidation sites excluding steroid dienone is 1. The fraction of sp³-hybridized carbons (Fsp3) is 0.129. The van der Waals surface area contributed by atoms with Gasteiger partial charge in [-0.15, -0.1) is 0 Å². The first-order valence-corrected chi connectivity index (χ1v) is 31.1. The van der Waals surface area contributed by atoms with E-state index < -0.39 is 0 Å². The van der Waals surface area contributed by atoms with Crippen molar-refractivity contribution in [1.82, 2.24) is 0 Å². The Kier molecular flexibility index (Phi) is 11.2. The van der Waals surface area contributed by atoms with Gasteiger partial charge in [-0.1, -0.05) is 242 Å². The first kappa shape index (κ1) is 51.4. The summed E-state index contributed by atoms with van der Waals surface area (Å²) in [6.45, 7) is 14.6. The number of nitrogens with zero attached hydrogens (tertiary/aromatic N) is 2. The van der Waals surface area contributed by atoms with Gasteiger partial charge in [-0.2, -0.15) is 0 Å². The SMILES string of the molecule is CC1(C)c2ccccc2-c2ccc(N(c3ccccc3)c3ccc4c(-c5ccc6c(c5)C(C)(C)c5ccc7ccccc7c5-6)c5cc(N(c6ccccc6)c6ccccc6)ccc5c(-c5ccc6c(c5)C(C)(C)C5C=Cc7ccccc7C65)c4c3)cc21. The number of fused-ring (bicyclic) bond motifs is 15. The van der Waals surface area contributed by atoms with Gasteiger partial charge in [0.1, 0.15) is 0 Å². The number of benzene rings is 13. The molecule has 416 valence electrons. The van der Waals surface area contributed by atoms with Gasteiger partial charge in [0.05, 0.1) is 0 Å². The first-order chi connectivity index (χ1) is 42.4. The molecule has 0 saturated heterocycles. The molecule has 13 aromatic carbocycles. The molecule has 0 aromatic heterocycles. The van der Waals surface area contributed by atoms with Crippen LogP contribution in [-0.2, 0) is 16.2 Å². The molecule has 4 aliphatic rings. The molecule has 4 aliphatic carbocycles. The first-order valence-electron chi connectivity index (χ1n) is 31.1. The van der Waals surface area contributed by atoms with E-state index >= 15 is 0 Å². The van der Waals surface area contributed by atoms with Crippen LogP contribution in [0.25, 0.3) is 82.9 Å². The summed E-state index contributed by atoms with van der Waals surface area (Å²) in [5, 5.41) is 7.44. The number of hydrogen-bond acceptors (Lipinski definition) is 2. The summed E-state index contributed by atoms with van der Waals surface area (Å²) in [6, 6.07) is 101. The highest BCUT2D eigenvalue weighted by molar-refractivity contribution is 6.23. The van der Waals surface area contributed by atoms with E-state index in [2.05, 4.69) is 330 Å². The molecule has 0 saturated carbocycles. The Balaban J connectivity index is 0.966. The molecule has 2 heteroatoms. The van der Waals surface area contributed by atoms with Crippen molar-refractivity contribution in [3.05, 3.63) is 318 Å². The predicted octanol–water partition coefficient (Wildman–Crippen LogP) is 23.1. The minimum atomic E-state index is -0.238. The Morgan fingerprint density at radius 1 is 0.299 bits per heavy atom. The van der Waals surface area contributed by atoms with E-state index in [1.54, 1.807) is 0 Å². The molecule has 0 bridgehead atoms. The molecule has 0 heterocycles. The molecule has 0 radical (unpaired) electrons. The minimum Gasteiger partial charge on any atom is -0.310 e. The molecule has 17 rings (SSSR count). The zero-order valence-corrected chi connectivity index (χ0v) is 50.1. The summed E-state index contributed by atoms with van der Waals surface area (Å²) in [5.74, 6) is 0.622. The molecule has 0 fully saturated rings. The van der Waals surface area contributed by atoms with Gasteiger partial charge < -0.3 is 9.80 Å². The average molecular weight is 1120 g/mol. The summed E-state index contributed by atoms with van der Waals surface area (Å²) in [6.07, 6.45) is 4.87. The molecule has 2 nitrogen and oxygen atoms in total. The van der Waals surface area contributed by atoms with Crippen LogP contribution in [0.1, 0.15) is 92.0 Å². The highest BCUT2D eigenvalue weighted by Crippen LogP contribution is 2.59. The Hall–Kier alpha value is -10.0. The number of anilines is 6. The van der Waals surface area contributed by atoms with Crippen LogP contribution in [0.2, 0.25) is 0 Å². The van der Waals surface area contributed by atoms with Gasteiger partial charge >= 0.3 is 0 Å². The fourth-order valence-electron chi connectivity index (χ4n) is 16.4. The van der Waals surface area contributed by atoms with Crippen molar-refractivity contribution in [2.24, 2.45) is 5.92 Å². The van der Waals surface area contributed by atoms with Crippen LogP contribution in [-0.4, -0.2) is 0 Å². The van der Waals surface area contributed by atoms with E-state index in [9.17, 15) is 0 Å². The van der Waals surface area contributed by atoms with Crippen molar-refractivity contribution in [1.29, 1.82) is 0 Å². The van der Waals surface area contributed by atoms with Crippen molar-refractivity contribution >= 4 is 72.5 Å². The summed E-state index contributed by atoms with van der Waals surface area (Å²) < 4.78 is 0. The summed E-state index contributed by atoms with van der Waals surface area (Å²) in [7, 11) is 0. The lowest BCUT2D eigenvalue weighted by Crippen LogP contribution is -2.26. The quantitative estimate of drug-likeness (QED) is 0.140. The van der Waals surface area contributed by atoms with Crippen LogP contribution in [0.5, 0.6) is 0 Å². The summed E-state index contributed by atoms with van der Waals surface area (Å²) in [5.41, 5.74) is 27.5. The molecular formula is C85H66N2. The monoisotopic (exact) mass is 1110 g/mol. The maximum absolute atomic E-state index is 2.59. The van der Waals surface area contributed by atoms with Crippen LogP contribution in [0.3, 0.4) is 0 Å². The average Bonchev–Trinajstić information content (AvgIpc) is 1.74. The van der Waals surface area contributed by atoms with E-state index in [0.717, 1.165) is 34.1 Å². The second-order valence-corrected chi connectivity index (χ2v) is 26.4. The highest BCUT2D eigenvalue weighted by atomic mass is 15.1. The number of hydrogen-bond donors (Lipinski definition) is 0. The maximum atomic E-state index is 2.59. The summed E-state index contributed by atoms with van der Waals surface area (Å²) in [4.78, 5) is 4.91. The van der Waals surface area contributed by atoms with Crippen LogP contribution < -0.4 is 9.80 Å². The van der Waals surface area contributed by atoms with Crippen LogP contribution in [0.15, 0.2) is 273 Å². The van der Waals surface area contributed by atoms with Gasteiger partial charge in [0, 0.05) is 50.9 Å². The molecular weight excluding hydrogens is 1050 g/mol. The van der Waals surface area contributed by atoms with Crippen LogP contribution in [0.4, 0.5) is 34.1 Å². The Morgan fingerprint density at radius 2 is 0.805 bits per heavy atom. The zero-order valence-electron chi connectivity index (χ0n) is 50.1. The van der Waals surface area contributed by atoms with Crippen LogP contribution in [0, 0.1) is 5.92 Å². The Morgan fingerprint density at radius 3 is 1.48 bits per heavy atom. The van der Waals surface area contributed by atoms with Gasteiger partial charge in [0.25, 0.3) is 0 Å². The third-order valence-corrected chi connectivity index (χ3v) is 20.7. The third kappa shape index (κ3) is 7.60. The van der Waals surface area contributed by atoms with E-state index in [0.29, 0.717) is 5.92 Å². The smallest absolute Gasteiger partial charge is 0.0468 e. The van der Waals surface area contributed by atoms with Gasteiger partial charge in [-0.25, -0.2) is 0 Å². The second-order valence-electron chi connectivity index (χ2n) is 26.4. The van der Waals surface area contributed by atoms with Crippen LogP contribution >= 0.6 is 0 Å².